The third-order valence-electron chi connectivity index (χ3n) is 3.77. The molecule has 0 aliphatic carbocycles. The minimum atomic E-state index is 0.774. The number of hydrogen-bond donors (Lipinski definition) is 0. The fraction of sp³-hybridized carbons (Fsp3) is 0.429. The summed E-state index contributed by atoms with van der Waals surface area (Å²) < 4.78 is 10.6. The van der Waals surface area contributed by atoms with E-state index in [4.69, 9.17) is 9.47 Å². The van der Waals surface area contributed by atoms with E-state index in [0.29, 0.717) is 0 Å². The smallest absolute Gasteiger partial charge is 0.160 e. The average molecular weight is 314 g/mol. The maximum absolute atomic E-state index is 5.34. The molecule has 0 unspecified atom stereocenters. The summed E-state index contributed by atoms with van der Waals surface area (Å²) in [5.41, 5.74) is 4.11. The van der Waals surface area contributed by atoms with E-state index in [1.54, 1.807) is 14.2 Å². The molecule has 23 heavy (non-hydrogen) atoms. The number of allylic oxidation sites excluding steroid dienone is 6. The van der Waals surface area contributed by atoms with Crippen LogP contribution < -0.4 is 9.47 Å². The van der Waals surface area contributed by atoms with Crippen molar-refractivity contribution in [1.82, 2.24) is 0 Å². The van der Waals surface area contributed by atoms with Crippen molar-refractivity contribution < 1.29 is 9.47 Å². The maximum Gasteiger partial charge on any atom is 0.160 e. The van der Waals surface area contributed by atoms with Gasteiger partial charge < -0.3 is 9.47 Å². The Morgan fingerprint density at radius 2 is 1.78 bits per heavy atom. The molecule has 1 rings (SSSR count). The summed E-state index contributed by atoms with van der Waals surface area (Å²) in [7, 11) is 3.33. The highest BCUT2D eigenvalue weighted by Crippen LogP contribution is 2.27. The van der Waals surface area contributed by atoms with Crippen LogP contribution >= 0.6 is 0 Å². The van der Waals surface area contributed by atoms with Crippen LogP contribution in [0.1, 0.15) is 45.6 Å². The van der Waals surface area contributed by atoms with Gasteiger partial charge in [0, 0.05) is 0 Å². The fourth-order valence-electron chi connectivity index (χ4n) is 2.37. The molecular formula is C21H30O2. The van der Waals surface area contributed by atoms with Gasteiger partial charge in [0.05, 0.1) is 14.2 Å². The van der Waals surface area contributed by atoms with E-state index < -0.39 is 0 Å². The van der Waals surface area contributed by atoms with Gasteiger partial charge in [-0.1, -0.05) is 41.5 Å². The summed E-state index contributed by atoms with van der Waals surface area (Å²) in [5.74, 6) is 1.56. The summed E-state index contributed by atoms with van der Waals surface area (Å²) in [4.78, 5) is 0. The second-order valence-corrected chi connectivity index (χ2v) is 5.84. The van der Waals surface area contributed by atoms with E-state index in [-0.39, 0.29) is 0 Å². The summed E-state index contributed by atoms with van der Waals surface area (Å²) >= 11 is 0. The zero-order chi connectivity index (χ0) is 17.1. The number of ether oxygens (including phenoxy) is 2. The Bertz CT molecular complexity index is 561. The molecule has 0 amide bonds. The lowest BCUT2D eigenvalue weighted by molar-refractivity contribution is 0.354. The lowest BCUT2D eigenvalue weighted by atomic mass is 10.0. The zero-order valence-corrected chi connectivity index (χ0v) is 15.2. The van der Waals surface area contributed by atoms with Crippen LogP contribution in [-0.4, -0.2) is 14.2 Å². The van der Waals surface area contributed by atoms with E-state index >= 15 is 0 Å². The minimum absolute atomic E-state index is 0.774. The van der Waals surface area contributed by atoms with Gasteiger partial charge in [-0.2, -0.15) is 0 Å². The molecule has 0 aromatic heterocycles. The Hall–Kier alpha value is -1.96. The average Bonchev–Trinajstić information content (AvgIpc) is 2.56. The standard InChI is InChI=1S/C21H30O2/c1-6-18(13-9-10-17(2)3)11-7-8-12-19-14-15-20(22-4)21(16-19)23-5/h6-8,10,14-16H,9,11-13H2,1-5H3/b8-7+,18-6+. The number of rotatable bonds is 9. The number of methoxy groups -OCH3 is 2. The van der Waals surface area contributed by atoms with Gasteiger partial charge in [0.2, 0.25) is 0 Å². The van der Waals surface area contributed by atoms with Gasteiger partial charge in [-0.05, 0) is 64.2 Å². The molecule has 0 spiro atoms. The number of hydrogen-bond acceptors (Lipinski definition) is 2. The van der Waals surface area contributed by atoms with Gasteiger partial charge in [-0.25, -0.2) is 0 Å². The summed E-state index contributed by atoms with van der Waals surface area (Å²) in [6.45, 7) is 6.43. The minimum Gasteiger partial charge on any atom is -0.493 e. The largest absolute Gasteiger partial charge is 0.493 e. The van der Waals surface area contributed by atoms with Gasteiger partial charge in [0.15, 0.2) is 11.5 Å². The van der Waals surface area contributed by atoms with Gasteiger partial charge in [-0.3, -0.25) is 0 Å². The van der Waals surface area contributed by atoms with Gasteiger partial charge in [-0.15, -0.1) is 0 Å². The first-order valence-electron chi connectivity index (χ1n) is 8.24. The Morgan fingerprint density at radius 1 is 1.04 bits per heavy atom. The van der Waals surface area contributed by atoms with E-state index in [2.05, 4.69) is 51.1 Å². The molecule has 0 heterocycles. The molecule has 0 radical (unpaired) electrons. The van der Waals surface area contributed by atoms with E-state index in [9.17, 15) is 0 Å². The van der Waals surface area contributed by atoms with Gasteiger partial charge in [0.25, 0.3) is 0 Å². The molecule has 1 aromatic carbocycles. The third-order valence-corrected chi connectivity index (χ3v) is 3.77. The Morgan fingerprint density at radius 3 is 2.39 bits per heavy atom. The topological polar surface area (TPSA) is 18.5 Å². The molecule has 0 saturated carbocycles. The molecule has 0 aliphatic heterocycles. The highest BCUT2D eigenvalue weighted by molar-refractivity contribution is 5.43. The molecule has 0 N–H and O–H groups in total. The maximum atomic E-state index is 5.34. The fourth-order valence-corrected chi connectivity index (χ4v) is 2.37. The molecule has 0 atom stereocenters. The van der Waals surface area contributed by atoms with Crippen molar-refractivity contribution >= 4 is 0 Å². The molecule has 0 saturated heterocycles. The second kappa shape index (κ2) is 10.7. The summed E-state index contributed by atoms with van der Waals surface area (Å²) in [5, 5.41) is 0. The molecule has 126 valence electrons. The van der Waals surface area contributed by atoms with Crippen LogP contribution in [0.15, 0.2) is 53.6 Å². The van der Waals surface area contributed by atoms with Crippen molar-refractivity contribution in [3.63, 3.8) is 0 Å². The first-order chi connectivity index (χ1) is 11.1. The summed E-state index contributed by atoms with van der Waals surface area (Å²) in [6.07, 6.45) is 13.2. The van der Waals surface area contributed by atoms with Gasteiger partial charge in [0.1, 0.15) is 0 Å². The van der Waals surface area contributed by atoms with E-state index in [0.717, 1.165) is 37.2 Å². The number of benzene rings is 1. The predicted molar refractivity (Wildman–Crippen MR) is 99.4 cm³/mol. The highest BCUT2D eigenvalue weighted by atomic mass is 16.5. The SMILES string of the molecule is C/C=C(\C/C=C/Cc1ccc(OC)c(OC)c1)CCC=C(C)C. The molecule has 2 heteroatoms. The van der Waals surface area contributed by atoms with E-state index in [1.165, 1.54) is 16.7 Å². The van der Waals surface area contributed by atoms with Crippen LogP contribution in [0, 0.1) is 0 Å². The normalized spacial score (nSPS) is 11.6. The van der Waals surface area contributed by atoms with Crippen molar-refractivity contribution in [1.29, 1.82) is 0 Å². The van der Waals surface area contributed by atoms with Crippen LogP contribution in [0.4, 0.5) is 0 Å². The Labute approximate surface area is 141 Å². The van der Waals surface area contributed by atoms with Crippen molar-refractivity contribution in [2.75, 3.05) is 14.2 Å². The molecule has 0 fully saturated rings. The first-order valence-corrected chi connectivity index (χ1v) is 8.24. The van der Waals surface area contributed by atoms with Crippen molar-refractivity contribution in [3.8, 4) is 11.5 Å². The zero-order valence-electron chi connectivity index (χ0n) is 15.2. The van der Waals surface area contributed by atoms with Gasteiger partial charge >= 0.3 is 0 Å². The van der Waals surface area contributed by atoms with Crippen molar-refractivity contribution in [3.05, 3.63) is 59.2 Å². The lowest BCUT2D eigenvalue weighted by Crippen LogP contribution is -1.92. The molecule has 2 nitrogen and oxygen atoms in total. The monoisotopic (exact) mass is 314 g/mol. The molecule has 0 aliphatic rings. The third kappa shape index (κ3) is 7.23. The quantitative estimate of drug-likeness (QED) is 0.529. The molecule has 1 aromatic rings. The highest BCUT2D eigenvalue weighted by Gasteiger charge is 2.03. The van der Waals surface area contributed by atoms with Crippen LogP contribution in [0.3, 0.4) is 0 Å². The summed E-state index contributed by atoms with van der Waals surface area (Å²) in [6, 6.07) is 6.07. The Balaban J connectivity index is 2.50. The lowest BCUT2D eigenvalue weighted by Gasteiger charge is -2.08. The second-order valence-electron chi connectivity index (χ2n) is 5.84. The first kappa shape index (κ1) is 19.1. The molecular weight excluding hydrogens is 284 g/mol. The van der Waals surface area contributed by atoms with Crippen molar-refractivity contribution in [2.45, 2.75) is 46.5 Å². The van der Waals surface area contributed by atoms with E-state index in [1.807, 2.05) is 12.1 Å². The van der Waals surface area contributed by atoms with Crippen LogP contribution in [-0.2, 0) is 6.42 Å². The molecule has 0 bridgehead atoms. The van der Waals surface area contributed by atoms with Crippen molar-refractivity contribution in [2.24, 2.45) is 0 Å². The van der Waals surface area contributed by atoms with Crippen LogP contribution in [0.25, 0.3) is 0 Å². The predicted octanol–water partition coefficient (Wildman–Crippen LogP) is 5.89. The Kier molecular flexibility index (Phi) is 8.89. The van der Waals surface area contributed by atoms with Crippen LogP contribution in [0.5, 0.6) is 11.5 Å². The van der Waals surface area contributed by atoms with Crippen LogP contribution in [0.2, 0.25) is 0 Å².